The van der Waals surface area contributed by atoms with E-state index in [0.717, 1.165) is 6.07 Å². The molecule has 1 amide bonds. The van der Waals surface area contributed by atoms with Crippen LogP contribution in [0.3, 0.4) is 0 Å². The molecule has 1 saturated heterocycles. The lowest BCUT2D eigenvalue weighted by Gasteiger charge is -2.31. The molecule has 1 aliphatic heterocycles. The summed E-state index contributed by atoms with van der Waals surface area (Å²) in [5.41, 5.74) is -0.277. The monoisotopic (exact) mass is 387 g/mol. The number of halogens is 2. The van der Waals surface area contributed by atoms with E-state index in [1.54, 1.807) is 0 Å². The number of aromatic nitrogens is 2. The number of amides is 1. The molecule has 0 bridgehead atoms. The van der Waals surface area contributed by atoms with Gasteiger partial charge in [-0.2, -0.15) is 8.78 Å². The van der Waals surface area contributed by atoms with Gasteiger partial charge in [0.1, 0.15) is 0 Å². The van der Waals surface area contributed by atoms with Gasteiger partial charge >= 0.3 is 11.5 Å². The Labute approximate surface area is 146 Å². The summed E-state index contributed by atoms with van der Waals surface area (Å²) in [6, 6.07) is 4.93. The number of H-pyrrole nitrogens is 1. The van der Waals surface area contributed by atoms with Crippen LogP contribution in [0, 0.1) is 0 Å². The summed E-state index contributed by atoms with van der Waals surface area (Å²) in [5, 5.41) is 3.62. The summed E-state index contributed by atoms with van der Waals surface area (Å²) in [6.07, 6.45) is 0.940. The predicted molar refractivity (Wildman–Crippen MR) is 84.6 cm³/mol. The van der Waals surface area contributed by atoms with Crippen LogP contribution >= 0.6 is 0 Å². The van der Waals surface area contributed by atoms with E-state index in [1.807, 2.05) is 0 Å². The van der Waals surface area contributed by atoms with Crippen LogP contribution in [0.2, 0.25) is 0 Å². The minimum atomic E-state index is -4.89. The van der Waals surface area contributed by atoms with Crippen molar-refractivity contribution in [3.05, 3.63) is 46.2 Å². The van der Waals surface area contributed by atoms with Gasteiger partial charge in [-0.15, -0.1) is 0 Å². The van der Waals surface area contributed by atoms with E-state index < -0.39 is 32.2 Å². The molecule has 0 radical (unpaired) electrons. The topological polar surface area (TPSA) is 113 Å². The van der Waals surface area contributed by atoms with Crippen LogP contribution in [-0.4, -0.2) is 48.2 Å². The number of nitrogens with zero attached hydrogens (tertiary/aromatic N) is 2. The quantitative estimate of drug-likeness (QED) is 0.848. The first-order chi connectivity index (χ1) is 12.3. The zero-order valence-electron chi connectivity index (χ0n) is 13.4. The van der Waals surface area contributed by atoms with Crippen molar-refractivity contribution in [1.82, 2.24) is 15.0 Å². The third-order valence-electron chi connectivity index (χ3n) is 4.28. The molecule has 1 fully saturated rings. The molecule has 1 N–H and O–H groups in total. The summed E-state index contributed by atoms with van der Waals surface area (Å²) in [5.74, 6) is -4.61. The largest absolute Gasteiger partial charge is 0.438 e. The third kappa shape index (κ3) is 3.39. The maximum atomic E-state index is 12.9. The minimum absolute atomic E-state index is 0.106. The van der Waals surface area contributed by atoms with Gasteiger partial charge in [0.15, 0.2) is 5.82 Å². The van der Waals surface area contributed by atoms with Crippen molar-refractivity contribution in [1.29, 1.82) is 0 Å². The van der Waals surface area contributed by atoms with E-state index in [2.05, 4.69) is 14.7 Å². The molecule has 1 aliphatic rings. The lowest BCUT2D eigenvalue weighted by atomic mass is 9.95. The maximum Gasteiger partial charge on any atom is 0.438 e. The Balaban J connectivity index is 1.78. The average molecular weight is 387 g/mol. The highest BCUT2D eigenvalue weighted by Gasteiger charge is 2.33. The first-order valence-corrected chi connectivity index (χ1v) is 9.31. The molecule has 2 aromatic rings. The Morgan fingerprint density at radius 2 is 1.92 bits per heavy atom. The second-order valence-corrected chi connectivity index (χ2v) is 7.73. The molecule has 0 unspecified atom stereocenters. The predicted octanol–water partition coefficient (Wildman–Crippen LogP) is 1.38. The van der Waals surface area contributed by atoms with Gasteiger partial charge in [-0.1, -0.05) is 17.3 Å². The number of rotatable bonds is 4. The van der Waals surface area contributed by atoms with Gasteiger partial charge in [0, 0.05) is 19.0 Å². The molecule has 8 nitrogen and oxygen atoms in total. The first kappa shape index (κ1) is 18.2. The van der Waals surface area contributed by atoms with Crippen molar-refractivity contribution in [3.63, 3.8) is 0 Å². The normalized spacial score (nSPS) is 16.2. The Morgan fingerprint density at radius 3 is 2.50 bits per heavy atom. The van der Waals surface area contributed by atoms with E-state index >= 15 is 0 Å². The number of likely N-dealkylation sites (tertiary alicyclic amines) is 1. The van der Waals surface area contributed by atoms with Crippen LogP contribution in [0.1, 0.15) is 34.9 Å². The molecule has 0 atom stereocenters. The molecular weight excluding hydrogens is 372 g/mol. The summed E-state index contributed by atoms with van der Waals surface area (Å²) < 4.78 is 53.8. The van der Waals surface area contributed by atoms with Crippen LogP contribution in [0.4, 0.5) is 8.78 Å². The molecule has 0 aliphatic carbocycles. The summed E-state index contributed by atoms with van der Waals surface area (Å²) in [4.78, 5) is 26.9. The molecule has 0 saturated carbocycles. The van der Waals surface area contributed by atoms with Crippen molar-refractivity contribution < 1.29 is 26.5 Å². The molecule has 1 aromatic carbocycles. The van der Waals surface area contributed by atoms with Crippen molar-refractivity contribution in [2.45, 2.75) is 29.4 Å². The van der Waals surface area contributed by atoms with Crippen LogP contribution in [0.15, 0.2) is 38.5 Å². The molecule has 0 spiro atoms. The second kappa shape index (κ2) is 6.98. The Bertz CT molecular complexity index is 961. The van der Waals surface area contributed by atoms with E-state index in [0.29, 0.717) is 18.7 Å². The van der Waals surface area contributed by atoms with Gasteiger partial charge in [0.05, 0.1) is 10.5 Å². The summed E-state index contributed by atoms with van der Waals surface area (Å²) in [7, 11) is -4.89. The highest BCUT2D eigenvalue weighted by atomic mass is 32.2. The van der Waals surface area contributed by atoms with Crippen LogP contribution in [0.25, 0.3) is 0 Å². The second-order valence-electron chi connectivity index (χ2n) is 5.85. The molecule has 1 aromatic heterocycles. The van der Waals surface area contributed by atoms with Crippen molar-refractivity contribution in [2.75, 3.05) is 13.1 Å². The van der Waals surface area contributed by atoms with E-state index in [-0.39, 0.29) is 24.6 Å². The van der Waals surface area contributed by atoms with Gasteiger partial charge < -0.3 is 4.90 Å². The number of hydrogen-bond donors (Lipinski definition) is 1. The molecular formula is C15H15F2N3O5S. The van der Waals surface area contributed by atoms with Gasteiger partial charge in [0.2, 0.25) is 9.84 Å². The highest BCUT2D eigenvalue weighted by molar-refractivity contribution is 7.91. The Morgan fingerprint density at radius 1 is 1.27 bits per heavy atom. The molecule has 140 valence electrons. The number of piperidine rings is 1. The minimum Gasteiger partial charge on any atom is -0.339 e. The van der Waals surface area contributed by atoms with Crippen LogP contribution < -0.4 is 5.76 Å². The number of benzene rings is 1. The average Bonchev–Trinajstić information content (AvgIpc) is 3.07. The maximum absolute atomic E-state index is 12.9. The number of nitrogens with one attached hydrogen (secondary N) is 1. The molecule has 11 heteroatoms. The van der Waals surface area contributed by atoms with Crippen LogP contribution in [0.5, 0.6) is 0 Å². The fourth-order valence-electron chi connectivity index (χ4n) is 2.93. The Hall–Kier alpha value is -2.56. The van der Waals surface area contributed by atoms with Crippen molar-refractivity contribution in [3.8, 4) is 0 Å². The lowest BCUT2D eigenvalue weighted by Crippen LogP contribution is -2.38. The van der Waals surface area contributed by atoms with E-state index in [9.17, 15) is 26.8 Å². The smallest absolute Gasteiger partial charge is 0.339 e. The summed E-state index contributed by atoms with van der Waals surface area (Å²) in [6.45, 7) is 0.531. The van der Waals surface area contributed by atoms with E-state index in [1.165, 1.54) is 23.1 Å². The number of alkyl halides is 2. The van der Waals surface area contributed by atoms with Gasteiger partial charge in [0.25, 0.3) is 5.91 Å². The highest BCUT2D eigenvalue weighted by Crippen LogP contribution is 2.28. The number of carbonyl (C=O) groups excluding carboxylic acids is 1. The number of sulfone groups is 1. The zero-order chi connectivity index (χ0) is 18.9. The van der Waals surface area contributed by atoms with Gasteiger partial charge in [-0.05, 0) is 25.0 Å². The first-order valence-electron chi connectivity index (χ1n) is 7.77. The number of carbonyl (C=O) groups is 1. The van der Waals surface area contributed by atoms with E-state index in [4.69, 9.17) is 0 Å². The van der Waals surface area contributed by atoms with Crippen molar-refractivity contribution in [2.24, 2.45) is 0 Å². The standard InChI is InChI=1S/C15H15F2N3O5S/c16-14(17)26(23,24)11-4-2-1-3-10(11)13(21)20-7-5-9(6-8-20)12-18-15(22)25-19-12/h1-4,9,14H,5-8H2,(H,18,19,22). The molecule has 3 rings (SSSR count). The zero-order valence-corrected chi connectivity index (χ0v) is 14.2. The van der Waals surface area contributed by atoms with Crippen LogP contribution in [-0.2, 0) is 9.84 Å². The molecule has 2 heterocycles. The van der Waals surface area contributed by atoms with Gasteiger partial charge in [-0.3, -0.25) is 14.3 Å². The number of aromatic amines is 1. The lowest BCUT2D eigenvalue weighted by molar-refractivity contribution is 0.0706. The Kier molecular flexibility index (Phi) is 4.90. The summed E-state index contributed by atoms with van der Waals surface area (Å²) >= 11 is 0. The third-order valence-corrected chi connectivity index (χ3v) is 5.72. The van der Waals surface area contributed by atoms with Gasteiger partial charge in [-0.25, -0.2) is 13.2 Å². The van der Waals surface area contributed by atoms with Crippen molar-refractivity contribution >= 4 is 15.7 Å². The number of hydrogen-bond acceptors (Lipinski definition) is 6. The fraction of sp³-hybridized carbons (Fsp3) is 0.400. The fourth-order valence-corrected chi connectivity index (χ4v) is 3.85. The molecule has 26 heavy (non-hydrogen) atoms. The SMILES string of the molecule is O=C(c1ccccc1S(=O)(=O)C(F)F)N1CCC(c2noc(=O)[nH]2)CC1.